The topological polar surface area (TPSA) is 19.0 Å². The predicted molar refractivity (Wildman–Crippen MR) is 161 cm³/mol. The normalized spacial score (nSPS) is 11.2. The maximum Gasteiger partial charge on any atom is 0.0465 e. The summed E-state index contributed by atoms with van der Waals surface area (Å²) in [6, 6.07) is 53.9. The lowest BCUT2D eigenvalue weighted by Gasteiger charge is -2.26. The van der Waals surface area contributed by atoms with Crippen molar-refractivity contribution in [2.75, 3.05) is 4.90 Å². The fraction of sp³-hybridized carbons (Fsp3) is 0. The van der Waals surface area contributed by atoms with E-state index in [4.69, 9.17) is 0 Å². The molecule has 1 heterocycles. The van der Waals surface area contributed by atoms with Gasteiger partial charge in [0.25, 0.3) is 0 Å². The number of nitrogens with one attached hydrogen (secondary N) is 1. The van der Waals surface area contributed by atoms with Crippen molar-refractivity contribution >= 4 is 38.9 Å². The molecule has 0 unspecified atom stereocenters. The molecule has 0 spiro atoms. The summed E-state index contributed by atoms with van der Waals surface area (Å²) in [6.45, 7) is 0. The number of benzene rings is 6. The molecule has 2 nitrogen and oxygen atoms in total. The van der Waals surface area contributed by atoms with Crippen LogP contribution in [0.3, 0.4) is 0 Å². The number of hydrogen-bond donors (Lipinski definition) is 1. The minimum Gasteiger partial charge on any atom is -0.355 e. The SMILES string of the molecule is c1ccc(-c2ccc(N(c3ccccc3)c3ccc(-c4ccc5[nH]c6ccccc6c5c4)cc3)cc2)cc1. The Balaban J connectivity index is 1.26. The molecular formula is C36H26N2. The van der Waals surface area contributed by atoms with Gasteiger partial charge in [0.05, 0.1) is 0 Å². The van der Waals surface area contributed by atoms with Crippen molar-refractivity contribution in [3.63, 3.8) is 0 Å². The van der Waals surface area contributed by atoms with Crippen molar-refractivity contribution in [2.45, 2.75) is 0 Å². The third kappa shape index (κ3) is 4.03. The monoisotopic (exact) mass is 486 g/mol. The average Bonchev–Trinajstić information content (AvgIpc) is 3.37. The van der Waals surface area contributed by atoms with Crippen molar-refractivity contribution in [3.8, 4) is 22.3 Å². The zero-order chi connectivity index (χ0) is 25.3. The van der Waals surface area contributed by atoms with E-state index >= 15 is 0 Å². The van der Waals surface area contributed by atoms with Gasteiger partial charge in [0, 0.05) is 38.9 Å². The van der Waals surface area contributed by atoms with Gasteiger partial charge in [0.15, 0.2) is 0 Å². The minimum atomic E-state index is 1.13. The summed E-state index contributed by atoms with van der Waals surface area (Å²) < 4.78 is 0. The molecular weight excluding hydrogens is 460 g/mol. The van der Waals surface area contributed by atoms with E-state index in [0.717, 1.165) is 17.1 Å². The average molecular weight is 487 g/mol. The van der Waals surface area contributed by atoms with Crippen molar-refractivity contribution in [1.29, 1.82) is 0 Å². The van der Waals surface area contributed by atoms with Crippen molar-refractivity contribution in [2.24, 2.45) is 0 Å². The van der Waals surface area contributed by atoms with Gasteiger partial charge in [-0.1, -0.05) is 97.1 Å². The van der Waals surface area contributed by atoms with Gasteiger partial charge in [-0.15, -0.1) is 0 Å². The third-order valence-electron chi connectivity index (χ3n) is 7.21. The molecule has 1 N–H and O–H groups in total. The van der Waals surface area contributed by atoms with E-state index in [1.807, 2.05) is 0 Å². The van der Waals surface area contributed by atoms with E-state index < -0.39 is 0 Å². The molecule has 38 heavy (non-hydrogen) atoms. The summed E-state index contributed by atoms with van der Waals surface area (Å²) >= 11 is 0. The number of rotatable bonds is 5. The Hall–Kier alpha value is -5.08. The van der Waals surface area contributed by atoms with E-state index in [1.165, 1.54) is 44.1 Å². The molecule has 0 aliphatic rings. The van der Waals surface area contributed by atoms with Crippen LogP contribution in [-0.2, 0) is 0 Å². The molecule has 0 fully saturated rings. The van der Waals surface area contributed by atoms with Crippen LogP contribution < -0.4 is 4.90 Å². The van der Waals surface area contributed by atoms with Crippen molar-refractivity contribution in [3.05, 3.63) is 152 Å². The summed E-state index contributed by atoms with van der Waals surface area (Å²) in [5.41, 5.74) is 10.6. The van der Waals surface area contributed by atoms with Gasteiger partial charge in [-0.3, -0.25) is 0 Å². The van der Waals surface area contributed by atoms with Crippen LogP contribution >= 0.6 is 0 Å². The molecule has 0 aliphatic heterocycles. The van der Waals surface area contributed by atoms with Crippen LogP contribution in [0.25, 0.3) is 44.1 Å². The number of hydrogen-bond acceptors (Lipinski definition) is 1. The molecule has 0 atom stereocenters. The summed E-state index contributed by atoms with van der Waals surface area (Å²) in [6.07, 6.45) is 0. The molecule has 0 saturated heterocycles. The Morgan fingerprint density at radius 1 is 0.342 bits per heavy atom. The highest BCUT2D eigenvalue weighted by Crippen LogP contribution is 2.37. The largest absolute Gasteiger partial charge is 0.355 e. The standard InChI is InChI=1S/C36H26N2/c1-3-9-26(10-4-1)27-15-20-31(21-16-27)38(30-11-5-2-6-12-30)32-22-17-28(18-23-32)29-19-24-36-34(25-29)33-13-7-8-14-35(33)37-36/h1-25,37H. The number of H-pyrrole nitrogens is 1. The summed E-state index contributed by atoms with van der Waals surface area (Å²) in [4.78, 5) is 5.83. The quantitative estimate of drug-likeness (QED) is 0.256. The molecule has 0 aliphatic carbocycles. The summed E-state index contributed by atoms with van der Waals surface area (Å²) in [5.74, 6) is 0. The van der Waals surface area contributed by atoms with E-state index in [-0.39, 0.29) is 0 Å². The van der Waals surface area contributed by atoms with Crippen LogP contribution in [0.15, 0.2) is 152 Å². The zero-order valence-corrected chi connectivity index (χ0v) is 20.9. The Kier molecular flexibility index (Phi) is 5.49. The molecule has 0 bridgehead atoms. The number of aromatic amines is 1. The van der Waals surface area contributed by atoms with Crippen LogP contribution in [0, 0.1) is 0 Å². The molecule has 180 valence electrons. The first-order valence-electron chi connectivity index (χ1n) is 13.0. The van der Waals surface area contributed by atoms with Gasteiger partial charge < -0.3 is 9.88 Å². The van der Waals surface area contributed by atoms with Gasteiger partial charge in [-0.05, 0) is 76.9 Å². The van der Waals surface area contributed by atoms with E-state index in [9.17, 15) is 0 Å². The number of anilines is 3. The lowest BCUT2D eigenvalue weighted by Crippen LogP contribution is -2.09. The van der Waals surface area contributed by atoms with E-state index in [2.05, 4.69) is 162 Å². The minimum absolute atomic E-state index is 1.13. The molecule has 0 amide bonds. The first-order valence-corrected chi connectivity index (χ1v) is 13.0. The van der Waals surface area contributed by atoms with Crippen molar-refractivity contribution in [1.82, 2.24) is 4.98 Å². The Bertz CT molecular complexity index is 1830. The second-order valence-corrected chi connectivity index (χ2v) is 9.56. The smallest absolute Gasteiger partial charge is 0.0465 e. The van der Waals surface area contributed by atoms with Crippen LogP contribution in [0.4, 0.5) is 17.1 Å². The van der Waals surface area contributed by atoms with Crippen LogP contribution in [0.1, 0.15) is 0 Å². The number of nitrogens with zero attached hydrogens (tertiary/aromatic N) is 1. The predicted octanol–water partition coefficient (Wildman–Crippen LogP) is 10.1. The highest BCUT2D eigenvalue weighted by atomic mass is 15.1. The van der Waals surface area contributed by atoms with Crippen LogP contribution in [0.5, 0.6) is 0 Å². The highest BCUT2D eigenvalue weighted by Gasteiger charge is 2.13. The van der Waals surface area contributed by atoms with Gasteiger partial charge in [-0.2, -0.15) is 0 Å². The Morgan fingerprint density at radius 3 is 1.50 bits per heavy atom. The number of fused-ring (bicyclic) bond motifs is 3. The molecule has 7 aromatic rings. The second kappa shape index (κ2) is 9.42. The van der Waals surface area contributed by atoms with E-state index in [1.54, 1.807) is 0 Å². The second-order valence-electron chi connectivity index (χ2n) is 9.56. The molecule has 0 radical (unpaired) electrons. The van der Waals surface area contributed by atoms with Crippen LogP contribution in [-0.4, -0.2) is 4.98 Å². The van der Waals surface area contributed by atoms with E-state index in [0.29, 0.717) is 0 Å². The van der Waals surface area contributed by atoms with Crippen molar-refractivity contribution < 1.29 is 0 Å². The zero-order valence-electron chi connectivity index (χ0n) is 20.9. The maximum absolute atomic E-state index is 3.52. The maximum atomic E-state index is 3.52. The molecule has 0 saturated carbocycles. The van der Waals surface area contributed by atoms with Gasteiger partial charge in [-0.25, -0.2) is 0 Å². The fourth-order valence-electron chi connectivity index (χ4n) is 5.29. The number of aromatic nitrogens is 1. The lowest BCUT2D eigenvalue weighted by atomic mass is 10.0. The first kappa shape index (κ1) is 22.1. The van der Waals surface area contributed by atoms with Gasteiger partial charge in [0.2, 0.25) is 0 Å². The molecule has 2 heteroatoms. The Morgan fingerprint density at radius 2 is 0.816 bits per heavy atom. The fourth-order valence-corrected chi connectivity index (χ4v) is 5.29. The first-order chi connectivity index (χ1) is 18.8. The number of para-hydroxylation sites is 2. The summed E-state index contributed by atoms with van der Waals surface area (Å²) in [5, 5.41) is 2.52. The van der Waals surface area contributed by atoms with Gasteiger partial charge >= 0.3 is 0 Å². The highest BCUT2D eigenvalue weighted by molar-refractivity contribution is 6.08. The van der Waals surface area contributed by atoms with Crippen LogP contribution in [0.2, 0.25) is 0 Å². The van der Waals surface area contributed by atoms with Gasteiger partial charge in [0.1, 0.15) is 0 Å². The molecule has 1 aromatic heterocycles. The summed E-state index contributed by atoms with van der Waals surface area (Å²) in [7, 11) is 0. The third-order valence-corrected chi connectivity index (χ3v) is 7.21. The molecule has 7 rings (SSSR count). The lowest BCUT2D eigenvalue weighted by molar-refractivity contribution is 1.28. The Labute approximate surface area is 222 Å². The molecule has 6 aromatic carbocycles.